The number of hydrogen-bond acceptors (Lipinski definition) is 4. The van der Waals surface area contributed by atoms with E-state index in [0.717, 1.165) is 82.7 Å². The van der Waals surface area contributed by atoms with Gasteiger partial charge in [0.15, 0.2) is 5.58 Å². The number of allylic oxidation sites excluding steroid dienone is 2. The highest BCUT2D eigenvalue weighted by molar-refractivity contribution is 6.16. The molecule has 4 heteroatoms. The zero-order valence-electron chi connectivity index (χ0n) is 28.8. The summed E-state index contributed by atoms with van der Waals surface area (Å²) in [4.78, 5) is 5.07. The Morgan fingerprint density at radius 3 is 1.81 bits per heavy atom. The first-order valence-electron chi connectivity index (χ1n) is 17.6. The Kier molecular flexibility index (Phi) is 8.10. The molecule has 1 heterocycles. The molecule has 2 N–H and O–H groups in total. The van der Waals surface area contributed by atoms with E-state index in [1.807, 2.05) is 54.6 Å². The minimum Gasteiger partial charge on any atom is -0.436 e. The second kappa shape index (κ2) is 13.5. The fraction of sp³-hybridized carbons (Fsp3) is 0. The number of benzene rings is 8. The highest BCUT2D eigenvalue weighted by Gasteiger charge is 2.19. The van der Waals surface area contributed by atoms with Crippen molar-refractivity contribution in [3.63, 3.8) is 0 Å². The Hall–Kier alpha value is -7.17. The molecule has 0 saturated heterocycles. The van der Waals surface area contributed by atoms with Gasteiger partial charge in [0.25, 0.3) is 0 Å². The molecule has 9 rings (SSSR count). The first-order valence-corrected chi connectivity index (χ1v) is 17.6. The Balaban J connectivity index is 1.14. The Morgan fingerprint density at radius 2 is 1.06 bits per heavy atom. The molecule has 0 unspecified atom stereocenters. The smallest absolute Gasteiger partial charge is 0.227 e. The molecule has 0 aliphatic carbocycles. The quantitative estimate of drug-likeness (QED) is 0.157. The van der Waals surface area contributed by atoms with Crippen molar-refractivity contribution < 1.29 is 4.42 Å². The Morgan fingerprint density at radius 1 is 0.453 bits per heavy atom. The van der Waals surface area contributed by atoms with Crippen molar-refractivity contribution in [2.75, 3.05) is 0 Å². The van der Waals surface area contributed by atoms with Crippen LogP contribution in [0.1, 0.15) is 11.1 Å². The van der Waals surface area contributed by atoms with Crippen LogP contribution in [0.5, 0.6) is 0 Å². The van der Waals surface area contributed by atoms with E-state index in [0.29, 0.717) is 17.3 Å². The van der Waals surface area contributed by atoms with Crippen LogP contribution < -0.4 is 0 Å². The summed E-state index contributed by atoms with van der Waals surface area (Å²) in [6.07, 6.45) is 3.38. The van der Waals surface area contributed by atoms with E-state index in [-0.39, 0.29) is 0 Å². The van der Waals surface area contributed by atoms with Crippen molar-refractivity contribution in [3.8, 4) is 44.8 Å². The summed E-state index contributed by atoms with van der Waals surface area (Å²) < 4.78 is 6.60. The van der Waals surface area contributed by atoms with Gasteiger partial charge in [0.1, 0.15) is 5.52 Å². The SMILES string of the molecule is N=C(/C=C\C(=N)c1ccc(-c2c(-c3cc4oc(-c5cccc(-c6ccccc6)c5)nc4c4ccccc34)ccc3ccccc23)cc1)c1ccccc1. The number of aromatic nitrogens is 1. The molecule has 0 bridgehead atoms. The van der Waals surface area contributed by atoms with Crippen molar-refractivity contribution in [3.05, 3.63) is 199 Å². The molecule has 0 atom stereocenters. The minimum absolute atomic E-state index is 0.349. The van der Waals surface area contributed by atoms with Crippen molar-refractivity contribution in [2.45, 2.75) is 0 Å². The van der Waals surface area contributed by atoms with Gasteiger partial charge in [0.05, 0.1) is 11.4 Å². The number of nitrogens with zero attached hydrogens (tertiary/aromatic N) is 1. The van der Waals surface area contributed by atoms with E-state index in [1.165, 1.54) is 0 Å². The predicted molar refractivity (Wildman–Crippen MR) is 220 cm³/mol. The second-order valence-corrected chi connectivity index (χ2v) is 13.1. The van der Waals surface area contributed by atoms with Gasteiger partial charge in [0.2, 0.25) is 5.89 Å². The van der Waals surface area contributed by atoms with E-state index in [2.05, 4.69) is 121 Å². The van der Waals surface area contributed by atoms with Crippen molar-refractivity contribution in [2.24, 2.45) is 0 Å². The van der Waals surface area contributed by atoms with Crippen molar-refractivity contribution >= 4 is 44.1 Å². The third-order valence-corrected chi connectivity index (χ3v) is 9.82. The van der Waals surface area contributed by atoms with Gasteiger partial charge in [0, 0.05) is 10.9 Å². The first kappa shape index (κ1) is 31.8. The fourth-order valence-corrected chi connectivity index (χ4v) is 7.17. The minimum atomic E-state index is 0.349. The number of hydrogen-bond donors (Lipinski definition) is 2. The van der Waals surface area contributed by atoms with Gasteiger partial charge in [-0.2, -0.15) is 0 Å². The molecule has 8 aromatic carbocycles. The van der Waals surface area contributed by atoms with Crippen LogP contribution in [0.25, 0.3) is 77.5 Å². The molecule has 250 valence electrons. The predicted octanol–water partition coefficient (Wildman–Crippen LogP) is 12.8. The molecule has 0 saturated carbocycles. The number of oxazole rings is 1. The largest absolute Gasteiger partial charge is 0.436 e. The van der Waals surface area contributed by atoms with Crippen LogP contribution in [0.2, 0.25) is 0 Å². The standard InChI is InChI=1S/C49H33N3O/c50-44(34-15-5-2-6-16-34)28-29-45(51)35-22-24-36(25-23-35)47-39-19-8-7-14-33(39)26-27-41(47)43-31-46-48(42-21-10-9-20-40(42)43)52-49(53-46)38-18-11-17-37(30-38)32-12-3-1-4-13-32/h1-31,50-51H/b29-28-,50-44?,51-45?. The van der Waals surface area contributed by atoms with Crippen molar-refractivity contribution in [1.82, 2.24) is 4.98 Å². The molecular formula is C49H33N3O. The fourth-order valence-electron chi connectivity index (χ4n) is 7.17. The monoisotopic (exact) mass is 679 g/mol. The van der Waals surface area contributed by atoms with Gasteiger partial charge in [-0.1, -0.05) is 158 Å². The third-order valence-electron chi connectivity index (χ3n) is 9.82. The van der Waals surface area contributed by atoms with Gasteiger partial charge >= 0.3 is 0 Å². The molecule has 1 aromatic heterocycles. The summed E-state index contributed by atoms with van der Waals surface area (Å²) in [5, 5.41) is 21.6. The third kappa shape index (κ3) is 6.02. The van der Waals surface area contributed by atoms with E-state index in [4.69, 9.17) is 20.2 Å². The molecule has 0 amide bonds. The van der Waals surface area contributed by atoms with Crippen LogP contribution in [0.15, 0.2) is 192 Å². The zero-order valence-corrected chi connectivity index (χ0v) is 28.8. The van der Waals surface area contributed by atoms with Gasteiger partial charge < -0.3 is 15.2 Å². The molecule has 0 radical (unpaired) electrons. The van der Waals surface area contributed by atoms with E-state index in [1.54, 1.807) is 12.2 Å². The summed E-state index contributed by atoms with van der Waals surface area (Å²) in [5.41, 5.74) is 11.4. The topological polar surface area (TPSA) is 73.7 Å². The van der Waals surface area contributed by atoms with Crippen molar-refractivity contribution in [1.29, 1.82) is 10.8 Å². The molecular weight excluding hydrogens is 647 g/mol. The molecule has 0 fully saturated rings. The molecule has 0 aliphatic heterocycles. The van der Waals surface area contributed by atoms with Gasteiger partial charge in [-0.3, -0.25) is 0 Å². The normalized spacial score (nSPS) is 11.5. The number of rotatable bonds is 8. The lowest BCUT2D eigenvalue weighted by atomic mass is 9.87. The molecule has 4 nitrogen and oxygen atoms in total. The average Bonchev–Trinajstić information content (AvgIpc) is 3.68. The number of fused-ring (bicyclic) bond motifs is 4. The summed E-state index contributed by atoms with van der Waals surface area (Å²) in [5.74, 6) is 0.588. The maximum atomic E-state index is 8.76. The lowest BCUT2D eigenvalue weighted by Crippen LogP contribution is -1.98. The summed E-state index contributed by atoms with van der Waals surface area (Å²) in [7, 11) is 0. The molecule has 9 aromatic rings. The summed E-state index contributed by atoms with van der Waals surface area (Å²) in [6.45, 7) is 0. The lowest BCUT2D eigenvalue weighted by molar-refractivity contribution is 0.620. The van der Waals surface area contributed by atoms with E-state index < -0.39 is 0 Å². The summed E-state index contributed by atoms with van der Waals surface area (Å²) in [6, 6.07) is 59.9. The average molecular weight is 680 g/mol. The molecule has 0 aliphatic rings. The molecule has 0 spiro atoms. The zero-order chi connectivity index (χ0) is 35.7. The van der Waals surface area contributed by atoms with Crippen LogP contribution in [0, 0.1) is 10.8 Å². The van der Waals surface area contributed by atoms with E-state index >= 15 is 0 Å². The van der Waals surface area contributed by atoms with Crippen LogP contribution in [0.4, 0.5) is 0 Å². The van der Waals surface area contributed by atoms with Crippen LogP contribution in [0.3, 0.4) is 0 Å². The van der Waals surface area contributed by atoms with E-state index in [9.17, 15) is 0 Å². The summed E-state index contributed by atoms with van der Waals surface area (Å²) >= 11 is 0. The maximum absolute atomic E-state index is 8.76. The van der Waals surface area contributed by atoms with Crippen LogP contribution in [-0.2, 0) is 0 Å². The second-order valence-electron chi connectivity index (χ2n) is 13.1. The van der Waals surface area contributed by atoms with Crippen LogP contribution >= 0.6 is 0 Å². The molecule has 53 heavy (non-hydrogen) atoms. The Bertz CT molecular complexity index is 2850. The maximum Gasteiger partial charge on any atom is 0.227 e. The lowest BCUT2D eigenvalue weighted by Gasteiger charge is -2.16. The number of nitrogens with one attached hydrogen (secondary N) is 2. The first-order chi connectivity index (χ1) is 26.1. The van der Waals surface area contributed by atoms with Crippen LogP contribution in [-0.4, -0.2) is 16.4 Å². The highest BCUT2D eigenvalue weighted by atomic mass is 16.3. The van der Waals surface area contributed by atoms with Gasteiger partial charge in [-0.25, -0.2) is 4.98 Å². The van der Waals surface area contributed by atoms with Gasteiger partial charge in [-0.05, 0) is 91.0 Å². The van der Waals surface area contributed by atoms with Gasteiger partial charge in [-0.15, -0.1) is 0 Å². The Labute approximate surface area is 307 Å². The highest BCUT2D eigenvalue weighted by Crippen LogP contribution is 2.43.